The first-order chi connectivity index (χ1) is 14.2. The van der Waals surface area contributed by atoms with Crippen LogP contribution in [0.3, 0.4) is 0 Å². The molecular weight excluding hydrogens is 409 g/mol. The van der Waals surface area contributed by atoms with Gasteiger partial charge < -0.3 is 9.26 Å². The molecule has 30 heavy (non-hydrogen) atoms. The first kappa shape index (κ1) is 21.8. The van der Waals surface area contributed by atoms with Crippen molar-refractivity contribution in [2.45, 2.75) is 39.2 Å². The standard InChI is InChI=1S/C21H24FN3O4S/c1-14(2)12-25(21-10-5-17(22)11-23-21)30(26,27)19-8-6-18(7-9-19)28-13-20-15(3)24-29-16(20)4/h5-11,14H,12-13H2,1-4H3. The van der Waals surface area contributed by atoms with Gasteiger partial charge in [0.25, 0.3) is 10.0 Å². The van der Waals surface area contributed by atoms with E-state index in [1.165, 1.54) is 28.6 Å². The summed E-state index contributed by atoms with van der Waals surface area (Å²) in [5.74, 6) is 0.889. The largest absolute Gasteiger partial charge is 0.489 e. The molecular formula is C21H24FN3O4S. The lowest BCUT2D eigenvalue weighted by molar-refractivity contribution is 0.301. The van der Waals surface area contributed by atoms with E-state index in [-0.39, 0.29) is 29.8 Å². The van der Waals surface area contributed by atoms with Crippen molar-refractivity contribution in [3.8, 4) is 5.75 Å². The Kier molecular flexibility index (Phi) is 6.40. The summed E-state index contributed by atoms with van der Waals surface area (Å²) in [5.41, 5.74) is 1.61. The summed E-state index contributed by atoms with van der Waals surface area (Å²) < 4.78 is 51.7. The molecule has 0 radical (unpaired) electrons. The summed E-state index contributed by atoms with van der Waals surface area (Å²) in [4.78, 5) is 4.04. The maximum Gasteiger partial charge on any atom is 0.265 e. The lowest BCUT2D eigenvalue weighted by Crippen LogP contribution is -2.35. The summed E-state index contributed by atoms with van der Waals surface area (Å²) in [5, 5.41) is 3.88. The fourth-order valence-electron chi connectivity index (χ4n) is 2.86. The molecule has 0 spiro atoms. The quantitative estimate of drug-likeness (QED) is 0.528. The molecule has 0 aliphatic rings. The second kappa shape index (κ2) is 8.83. The van der Waals surface area contributed by atoms with Crippen LogP contribution in [-0.2, 0) is 16.6 Å². The van der Waals surface area contributed by atoms with Crippen molar-refractivity contribution >= 4 is 15.8 Å². The van der Waals surface area contributed by atoms with Crippen molar-refractivity contribution in [3.63, 3.8) is 0 Å². The first-order valence-corrected chi connectivity index (χ1v) is 10.9. The number of aromatic nitrogens is 2. The van der Waals surface area contributed by atoms with E-state index >= 15 is 0 Å². The second-order valence-electron chi connectivity index (χ2n) is 7.33. The molecule has 0 saturated heterocycles. The monoisotopic (exact) mass is 433 g/mol. The molecule has 1 aromatic carbocycles. The van der Waals surface area contributed by atoms with Crippen LogP contribution < -0.4 is 9.04 Å². The maximum atomic E-state index is 13.2. The van der Waals surface area contributed by atoms with E-state index in [2.05, 4.69) is 10.1 Å². The van der Waals surface area contributed by atoms with Gasteiger partial charge in [0, 0.05) is 6.54 Å². The van der Waals surface area contributed by atoms with E-state index in [1.54, 1.807) is 19.1 Å². The summed E-state index contributed by atoms with van der Waals surface area (Å²) in [6.07, 6.45) is 1.00. The third kappa shape index (κ3) is 4.79. The van der Waals surface area contributed by atoms with Crippen molar-refractivity contribution in [3.05, 3.63) is 65.4 Å². The summed E-state index contributed by atoms with van der Waals surface area (Å²) in [7, 11) is -3.88. The van der Waals surface area contributed by atoms with Crippen molar-refractivity contribution in [2.24, 2.45) is 5.92 Å². The van der Waals surface area contributed by atoms with Crippen LogP contribution in [0.1, 0.15) is 30.9 Å². The van der Waals surface area contributed by atoms with Crippen molar-refractivity contribution in [2.75, 3.05) is 10.8 Å². The van der Waals surface area contributed by atoms with Gasteiger partial charge in [-0.25, -0.2) is 22.1 Å². The van der Waals surface area contributed by atoms with Gasteiger partial charge in [0.2, 0.25) is 0 Å². The van der Waals surface area contributed by atoms with Crippen LogP contribution in [0, 0.1) is 25.6 Å². The zero-order chi connectivity index (χ0) is 21.9. The van der Waals surface area contributed by atoms with Gasteiger partial charge >= 0.3 is 0 Å². The normalized spacial score (nSPS) is 11.7. The zero-order valence-corrected chi connectivity index (χ0v) is 18.1. The molecule has 0 saturated carbocycles. The number of rotatable bonds is 8. The number of hydrogen-bond donors (Lipinski definition) is 0. The van der Waals surface area contributed by atoms with E-state index in [4.69, 9.17) is 9.26 Å². The summed E-state index contributed by atoms with van der Waals surface area (Å²) >= 11 is 0. The molecule has 3 rings (SSSR count). The number of benzene rings is 1. The van der Waals surface area contributed by atoms with Gasteiger partial charge in [-0.3, -0.25) is 0 Å². The van der Waals surface area contributed by atoms with Gasteiger partial charge in [-0.1, -0.05) is 19.0 Å². The molecule has 0 N–H and O–H groups in total. The lowest BCUT2D eigenvalue weighted by Gasteiger charge is -2.25. The van der Waals surface area contributed by atoms with E-state index in [0.29, 0.717) is 11.5 Å². The fourth-order valence-corrected chi connectivity index (χ4v) is 4.44. The minimum absolute atomic E-state index is 0.0456. The van der Waals surface area contributed by atoms with Crippen molar-refractivity contribution in [1.29, 1.82) is 0 Å². The Balaban J connectivity index is 1.82. The van der Waals surface area contributed by atoms with Gasteiger partial charge in [-0.05, 0) is 56.2 Å². The van der Waals surface area contributed by atoms with Gasteiger partial charge in [-0.15, -0.1) is 0 Å². The molecule has 9 heteroatoms. The Morgan fingerprint density at radius 3 is 2.37 bits per heavy atom. The average Bonchev–Trinajstić information content (AvgIpc) is 3.03. The number of aryl methyl sites for hydroxylation is 2. The summed E-state index contributed by atoms with van der Waals surface area (Å²) in [6.45, 7) is 7.92. The fraction of sp³-hybridized carbons (Fsp3) is 0.333. The molecule has 7 nitrogen and oxygen atoms in total. The molecule has 0 aliphatic carbocycles. The number of hydrogen-bond acceptors (Lipinski definition) is 6. The Labute approximate surface area is 175 Å². The second-order valence-corrected chi connectivity index (χ2v) is 9.19. The topological polar surface area (TPSA) is 85.5 Å². The molecule has 2 aromatic heterocycles. The van der Waals surface area contributed by atoms with Crippen LogP contribution in [0.15, 0.2) is 52.0 Å². The van der Waals surface area contributed by atoms with Crippen LogP contribution in [0.5, 0.6) is 5.75 Å². The van der Waals surface area contributed by atoms with E-state index in [0.717, 1.165) is 17.5 Å². The first-order valence-electron chi connectivity index (χ1n) is 9.47. The van der Waals surface area contributed by atoms with Crippen LogP contribution in [0.25, 0.3) is 0 Å². The number of halogens is 1. The molecule has 0 fully saturated rings. The molecule has 0 amide bonds. The average molecular weight is 434 g/mol. The number of nitrogens with zero attached hydrogens (tertiary/aromatic N) is 3. The van der Waals surface area contributed by atoms with Gasteiger partial charge in [0.15, 0.2) is 0 Å². The van der Waals surface area contributed by atoms with Crippen molar-refractivity contribution < 1.29 is 22.1 Å². The third-order valence-electron chi connectivity index (χ3n) is 4.47. The predicted molar refractivity (Wildman–Crippen MR) is 110 cm³/mol. The Bertz CT molecular complexity index is 1070. The van der Waals surface area contributed by atoms with E-state index < -0.39 is 15.8 Å². The maximum absolute atomic E-state index is 13.2. The molecule has 0 bridgehead atoms. The molecule has 0 aliphatic heterocycles. The lowest BCUT2D eigenvalue weighted by atomic mass is 10.2. The highest BCUT2D eigenvalue weighted by atomic mass is 32.2. The van der Waals surface area contributed by atoms with Crippen LogP contribution in [0.2, 0.25) is 0 Å². The van der Waals surface area contributed by atoms with Gasteiger partial charge in [0.05, 0.1) is 22.3 Å². The predicted octanol–water partition coefficient (Wildman–Crippen LogP) is 4.26. The van der Waals surface area contributed by atoms with Gasteiger partial charge in [-0.2, -0.15) is 0 Å². The highest BCUT2D eigenvalue weighted by molar-refractivity contribution is 7.92. The van der Waals surface area contributed by atoms with Crippen LogP contribution >= 0.6 is 0 Å². The van der Waals surface area contributed by atoms with E-state index in [9.17, 15) is 12.8 Å². The molecule has 2 heterocycles. The number of anilines is 1. The van der Waals surface area contributed by atoms with Crippen LogP contribution in [-0.4, -0.2) is 25.1 Å². The minimum Gasteiger partial charge on any atom is -0.489 e. The van der Waals surface area contributed by atoms with Crippen LogP contribution in [0.4, 0.5) is 10.2 Å². The minimum atomic E-state index is -3.88. The molecule has 160 valence electrons. The summed E-state index contributed by atoms with van der Waals surface area (Å²) in [6, 6.07) is 8.70. The Morgan fingerprint density at radius 2 is 1.83 bits per heavy atom. The molecule has 3 aromatic rings. The zero-order valence-electron chi connectivity index (χ0n) is 17.3. The highest BCUT2D eigenvalue weighted by Crippen LogP contribution is 2.25. The number of pyridine rings is 1. The van der Waals surface area contributed by atoms with Gasteiger partial charge in [0.1, 0.15) is 29.8 Å². The SMILES string of the molecule is Cc1noc(C)c1COc1ccc(S(=O)(=O)N(CC(C)C)c2ccc(F)cn2)cc1. The smallest absolute Gasteiger partial charge is 0.265 e. The van der Waals surface area contributed by atoms with Crippen molar-refractivity contribution in [1.82, 2.24) is 10.1 Å². The molecule has 0 atom stereocenters. The Morgan fingerprint density at radius 1 is 1.13 bits per heavy atom. The Hall–Kier alpha value is -2.94. The molecule has 0 unspecified atom stereocenters. The number of ether oxygens (including phenoxy) is 1. The highest BCUT2D eigenvalue weighted by Gasteiger charge is 2.26. The third-order valence-corrected chi connectivity index (χ3v) is 6.26. The number of sulfonamides is 1. The van der Waals surface area contributed by atoms with E-state index in [1.807, 2.05) is 20.8 Å².